The molecule has 98 valence electrons. The molecule has 1 saturated heterocycles. The quantitative estimate of drug-likeness (QED) is 0.756. The highest BCUT2D eigenvalue weighted by molar-refractivity contribution is 5.16. The van der Waals surface area contributed by atoms with Gasteiger partial charge in [0.2, 0.25) is 0 Å². The Bertz CT molecular complexity index is 385. The van der Waals surface area contributed by atoms with Crippen molar-refractivity contribution in [2.24, 2.45) is 5.92 Å². The van der Waals surface area contributed by atoms with Crippen molar-refractivity contribution < 1.29 is 4.74 Å². The van der Waals surface area contributed by atoms with Gasteiger partial charge in [-0.1, -0.05) is 48.9 Å². The molecular formula is C16H23NO. The van der Waals surface area contributed by atoms with Crippen molar-refractivity contribution in [3.8, 4) is 0 Å². The van der Waals surface area contributed by atoms with Gasteiger partial charge in [0.25, 0.3) is 0 Å². The summed E-state index contributed by atoms with van der Waals surface area (Å²) in [5, 5.41) is 0. The molecule has 1 atom stereocenters. The van der Waals surface area contributed by atoms with Crippen molar-refractivity contribution in [1.29, 1.82) is 0 Å². The van der Waals surface area contributed by atoms with Crippen LogP contribution in [0.5, 0.6) is 0 Å². The normalized spacial score (nSPS) is 23.4. The molecule has 2 heteroatoms. The first-order valence-corrected chi connectivity index (χ1v) is 6.73. The topological polar surface area (TPSA) is 12.5 Å². The Balaban J connectivity index is 1.88. The molecule has 0 aromatic heterocycles. The molecule has 18 heavy (non-hydrogen) atoms. The molecule has 1 aliphatic heterocycles. The highest BCUT2D eigenvalue weighted by atomic mass is 16.5. The summed E-state index contributed by atoms with van der Waals surface area (Å²) < 4.78 is 5.13. The minimum atomic E-state index is 0.651. The summed E-state index contributed by atoms with van der Waals surface area (Å²) in [5.74, 6) is 0.651. The number of nitrogens with zero attached hydrogens (tertiary/aromatic N) is 1. The molecule has 0 bridgehead atoms. The van der Waals surface area contributed by atoms with Crippen molar-refractivity contribution in [2.75, 3.05) is 26.8 Å². The van der Waals surface area contributed by atoms with Gasteiger partial charge in [0.15, 0.2) is 0 Å². The lowest BCUT2D eigenvalue weighted by Crippen LogP contribution is -2.35. The Morgan fingerprint density at radius 1 is 1.33 bits per heavy atom. The number of hydrogen-bond donors (Lipinski definition) is 0. The number of methoxy groups -OCH3 is 1. The van der Waals surface area contributed by atoms with Crippen LogP contribution in [-0.4, -0.2) is 31.7 Å². The van der Waals surface area contributed by atoms with Crippen LogP contribution in [0.15, 0.2) is 42.0 Å². The lowest BCUT2D eigenvalue weighted by molar-refractivity contribution is 0.206. The van der Waals surface area contributed by atoms with Gasteiger partial charge in [-0.15, -0.1) is 0 Å². The zero-order valence-electron chi connectivity index (χ0n) is 11.4. The third kappa shape index (κ3) is 3.69. The van der Waals surface area contributed by atoms with Gasteiger partial charge >= 0.3 is 0 Å². The molecule has 1 aromatic carbocycles. The van der Waals surface area contributed by atoms with Crippen molar-refractivity contribution in [1.82, 2.24) is 4.90 Å². The SMILES string of the molecule is COCC=C1CCN(Cc2ccccc2)CC1C. The largest absolute Gasteiger partial charge is 0.381 e. The second-order valence-electron chi connectivity index (χ2n) is 5.11. The Hall–Kier alpha value is -1.12. The molecule has 1 unspecified atom stereocenters. The molecule has 0 amide bonds. The molecule has 1 fully saturated rings. The van der Waals surface area contributed by atoms with Gasteiger partial charge in [0.1, 0.15) is 0 Å². The standard InChI is InChI=1S/C16H23NO/c1-14-12-17(10-8-16(14)9-11-18-2)13-15-6-4-3-5-7-15/h3-7,9,14H,8,10-13H2,1-2H3. The van der Waals surface area contributed by atoms with E-state index in [-0.39, 0.29) is 0 Å². The summed E-state index contributed by atoms with van der Waals surface area (Å²) in [7, 11) is 1.76. The van der Waals surface area contributed by atoms with Crippen LogP contribution in [0.2, 0.25) is 0 Å². The van der Waals surface area contributed by atoms with Crippen LogP contribution in [0.3, 0.4) is 0 Å². The van der Waals surface area contributed by atoms with Crippen molar-refractivity contribution in [3.63, 3.8) is 0 Å². The van der Waals surface area contributed by atoms with E-state index >= 15 is 0 Å². The number of hydrogen-bond acceptors (Lipinski definition) is 2. The minimum Gasteiger partial charge on any atom is -0.381 e. The van der Waals surface area contributed by atoms with Gasteiger partial charge in [-0.3, -0.25) is 4.90 Å². The molecule has 0 saturated carbocycles. The number of piperidine rings is 1. The van der Waals surface area contributed by atoms with Crippen LogP contribution in [0.4, 0.5) is 0 Å². The molecule has 2 rings (SSSR count). The fraction of sp³-hybridized carbons (Fsp3) is 0.500. The third-order valence-electron chi connectivity index (χ3n) is 3.64. The monoisotopic (exact) mass is 245 g/mol. The first-order valence-electron chi connectivity index (χ1n) is 6.73. The molecule has 0 radical (unpaired) electrons. The van der Waals surface area contributed by atoms with Gasteiger partial charge in [0, 0.05) is 26.7 Å². The van der Waals surface area contributed by atoms with E-state index in [9.17, 15) is 0 Å². The van der Waals surface area contributed by atoms with Crippen molar-refractivity contribution in [2.45, 2.75) is 19.9 Å². The highest BCUT2D eigenvalue weighted by Crippen LogP contribution is 2.23. The first kappa shape index (κ1) is 13.3. The van der Waals surface area contributed by atoms with E-state index in [1.807, 2.05) is 0 Å². The van der Waals surface area contributed by atoms with Crippen LogP contribution in [-0.2, 0) is 11.3 Å². The molecule has 0 N–H and O–H groups in total. The maximum atomic E-state index is 5.13. The van der Waals surface area contributed by atoms with Gasteiger partial charge in [-0.05, 0) is 17.9 Å². The van der Waals surface area contributed by atoms with Crippen LogP contribution >= 0.6 is 0 Å². The molecule has 1 aromatic rings. The van der Waals surface area contributed by atoms with E-state index in [0.717, 1.165) is 26.2 Å². The lowest BCUT2D eigenvalue weighted by atomic mass is 9.93. The number of likely N-dealkylation sites (tertiary alicyclic amines) is 1. The fourth-order valence-electron chi connectivity index (χ4n) is 2.61. The van der Waals surface area contributed by atoms with Crippen molar-refractivity contribution >= 4 is 0 Å². The molecule has 1 heterocycles. The summed E-state index contributed by atoms with van der Waals surface area (Å²) in [5.41, 5.74) is 2.97. The lowest BCUT2D eigenvalue weighted by Gasteiger charge is -2.33. The Morgan fingerprint density at radius 2 is 2.11 bits per heavy atom. The average Bonchev–Trinajstić information content (AvgIpc) is 2.39. The molecule has 2 nitrogen and oxygen atoms in total. The number of rotatable bonds is 4. The second kappa shape index (κ2) is 6.72. The summed E-state index contributed by atoms with van der Waals surface area (Å²) in [6, 6.07) is 10.7. The maximum Gasteiger partial charge on any atom is 0.0646 e. The van der Waals surface area contributed by atoms with E-state index in [2.05, 4.69) is 48.2 Å². The fourth-order valence-corrected chi connectivity index (χ4v) is 2.61. The van der Waals surface area contributed by atoms with E-state index in [1.54, 1.807) is 12.7 Å². The third-order valence-corrected chi connectivity index (χ3v) is 3.64. The predicted molar refractivity (Wildman–Crippen MR) is 75.5 cm³/mol. The summed E-state index contributed by atoms with van der Waals surface area (Å²) in [6.45, 7) is 6.46. The summed E-state index contributed by atoms with van der Waals surface area (Å²) >= 11 is 0. The van der Waals surface area contributed by atoms with E-state index in [0.29, 0.717) is 5.92 Å². The van der Waals surface area contributed by atoms with E-state index < -0.39 is 0 Å². The number of benzene rings is 1. The average molecular weight is 245 g/mol. The molecule has 0 aliphatic carbocycles. The second-order valence-corrected chi connectivity index (χ2v) is 5.11. The van der Waals surface area contributed by atoms with Crippen LogP contribution < -0.4 is 0 Å². The van der Waals surface area contributed by atoms with E-state index in [1.165, 1.54) is 12.0 Å². The van der Waals surface area contributed by atoms with Crippen LogP contribution in [0, 0.1) is 5.92 Å². The summed E-state index contributed by atoms with van der Waals surface area (Å²) in [6.07, 6.45) is 3.43. The highest BCUT2D eigenvalue weighted by Gasteiger charge is 2.20. The van der Waals surface area contributed by atoms with Gasteiger partial charge in [0.05, 0.1) is 6.61 Å². The molecule has 1 aliphatic rings. The minimum absolute atomic E-state index is 0.651. The number of ether oxygens (including phenoxy) is 1. The van der Waals surface area contributed by atoms with Crippen LogP contribution in [0.1, 0.15) is 18.9 Å². The van der Waals surface area contributed by atoms with Gasteiger partial charge in [-0.2, -0.15) is 0 Å². The van der Waals surface area contributed by atoms with Gasteiger partial charge in [-0.25, -0.2) is 0 Å². The Kier molecular flexibility index (Phi) is 4.97. The smallest absolute Gasteiger partial charge is 0.0646 e. The molecular weight excluding hydrogens is 222 g/mol. The maximum absolute atomic E-state index is 5.13. The zero-order chi connectivity index (χ0) is 12.8. The Morgan fingerprint density at radius 3 is 2.78 bits per heavy atom. The van der Waals surface area contributed by atoms with Gasteiger partial charge < -0.3 is 4.74 Å². The van der Waals surface area contributed by atoms with E-state index in [4.69, 9.17) is 4.74 Å². The predicted octanol–water partition coefficient (Wildman–Crippen LogP) is 3.10. The Labute approximate surface area is 110 Å². The first-order chi connectivity index (χ1) is 8.79. The molecule has 0 spiro atoms. The summed E-state index contributed by atoms with van der Waals surface area (Å²) in [4.78, 5) is 2.55. The van der Waals surface area contributed by atoms with Crippen molar-refractivity contribution in [3.05, 3.63) is 47.5 Å². The zero-order valence-corrected chi connectivity index (χ0v) is 11.4. The van der Waals surface area contributed by atoms with Crippen LogP contribution in [0.25, 0.3) is 0 Å².